The third-order valence-corrected chi connectivity index (χ3v) is 0. The van der Waals surface area contributed by atoms with E-state index < -0.39 is 18.1 Å². The molecule has 12 heavy (non-hydrogen) atoms. The Bertz CT molecular complexity index is 216. The Labute approximate surface area is 113 Å². The predicted molar refractivity (Wildman–Crippen MR) is 49.6 cm³/mol. The van der Waals surface area contributed by atoms with Crippen LogP contribution in [-0.2, 0) is 40.5 Å². The summed E-state index contributed by atoms with van der Waals surface area (Å²) in [6, 6.07) is 0. The van der Waals surface area contributed by atoms with Crippen molar-refractivity contribution in [3.05, 3.63) is 0 Å². The van der Waals surface area contributed by atoms with Crippen LogP contribution in [0.15, 0.2) is 0 Å². The molecule has 0 saturated carbocycles. The summed E-state index contributed by atoms with van der Waals surface area (Å²) in [6.07, 6.45) is 0. The average Bonchev–Trinajstić information content (AvgIpc) is 1.12. The molecular formula is H6AsNaO6S4. The Morgan fingerprint density at radius 3 is 1.08 bits per heavy atom. The Hall–Kier alpha value is 2.14. The molecule has 2 unspecified atom stereocenters. The van der Waals surface area contributed by atoms with E-state index in [2.05, 4.69) is 22.4 Å². The van der Waals surface area contributed by atoms with Crippen LogP contribution in [0.4, 0.5) is 0 Å². The van der Waals surface area contributed by atoms with Gasteiger partial charge in [0.05, 0.1) is 9.05 Å². The molecule has 0 amide bonds. The summed E-state index contributed by atoms with van der Waals surface area (Å²) in [5.74, 6) is 0. The second-order valence-corrected chi connectivity index (χ2v) is 5.19. The van der Waals surface area contributed by atoms with E-state index in [-0.39, 0.29) is 47.5 Å². The molecule has 0 radical (unpaired) electrons. The van der Waals surface area contributed by atoms with Crippen LogP contribution >= 0.6 is 0 Å². The van der Waals surface area contributed by atoms with Crippen molar-refractivity contribution in [1.82, 2.24) is 0 Å². The van der Waals surface area contributed by atoms with Gasteiger partial charge in [-0.05, 0) is 11.2 Å². The molecule has 2 atom stereocenters. The second kappa shape index (κ2) is 9.68. The van der Waals surface area contributed by atoms with Gasteiger partial charge in [-0.2, -0.15) is 4.21 Å². The van der Waals surface area contributed by atoms with Crippen LogP contribution in [0.5, 0.6) is 0 Å². The molecule has 0 aliphatic heterocycles. The van der Waals surface area contributed by atoms with Crippen molar-refractivity contribution in [3.8, 4) is 0 Å². The average molecular weight is 328 g/mol. The minimum atomic E-state index is -4.08. The molecular weight excluding hydrogens is 322 g/mol. The summed E-state index contributed by atoms with van der Waals surface area (Å²) in [5.41, 5.74) is 0. The Balaban J connectivity index is -0.0000000457. The summed E-state index contributed by atoms with van der Waals surface area (Å²) in [5, 5.41) is 0. The zero-order valence-corrected chi connectivity index (χ0v) is 14.1. The van der Waals surface area contributed by atoms with Crippen LogP contribution in [0.1, 0.15) is 0 Å². The maximum atomic E-state index is 9.11. The van der Waals surface area contributed by atoms with Crippen molar-refractivity contribution in [2.75, 3.05) is 0 Å². The zero-order valence-electron chi connectivity index (χ0n) is 5.91. The Kier molecular flexibility index (Phi) is 19.2. The molecule has 72 valence electrons. The molecule has 0 spiro atoms. The molecule has 12 heteroatoms. The maximum absolute atomic E-state index is 9.11. The predicted octanol–water partition coefficient (Wildman–Crippen LogP) is -5.17. The first-order valence-corrected chi connectivity index (χ1v) is 6.14. The first-order chi connectivity index (χ1) is 4.00. The van der Waals surface area contributed by atoms with Crippen LogP contribution in [0, 0.1) is 0 Å². The number of hydrogen-bond donors (Lipinski definition) is 3. The second-order valence-electron chi connectivity index (χ2n) is 0.876. The van der Waals surface area contributed by atoms with Gasteiger partial charge in [0.25, 0.3) is 9.05 Å². The standard InChI is InChI=1S/AsH3.Na.2H2O3S2/c;;2*1-5(2,3)4/h1H3;;2*(H2,1,2,3,4)/q;+1;;/p-1. The quantitative estimate of drug-likeness (QED) is 0.378. The fourth-order valence-electron chi connectivity index (χ4n) is 0. The molecule has 0 bridgehead atoms. The topological polar surface area (TPSA) is 118 Å². The third kappa shape index (κ3) is 329. The first-order valence-electron chi connectivity index (χ1n) is 1.38. The van der Waals surface area contributed by atoms with Crippen LogP contribution < -0.4 is 29.6 Å². The van der Waals surface area contributed by atoms with Crippen LogP contribution in [0.25, 0.3) is 0 Å². The molecule has 0 aromatic heterocycles. The summed E-state index contributed by atoms with van der Waals surface area (Å²) >= 11 is 6.82. The maximum Gasteiger partial charge on any atom is 1.00 e. The molecule has 0 aromatic carbocycles. The van der Waals surface area contributed by atoms with Crippen molar-refractivity contribution >= 4 is 58.4 Å². The van der Waals surface area contributed by atoms with E-state index in [0.29, 0.717) is 0 Å². The fraction of sp³-hybridized carbons (Fsp3) is 0. The monoisotopic (exact) mass is 328 g/mol. The third-order valence-electron chi connectivity index (χ3n) is 0. The Morgan fingerprint density at radius 2 is 1.08 bits per heavy atom. The normalized spacial score (nSPS) is 13.7. The van der Waals surface area contributed by atoms with Gasteiger partial charge in [-0.1, -0.05) is 0 Å². The number of hydrogen-bond acceptors (Lipinski definition) is 5. The van der Waals surface area contributed by atoms with Crippen LogP contribution in [0.3, 0.4) is 0 Å². The van der Waals surface area contributed by atoms with E-state index in [9.17, 15) is 0 Å². The van der Waals surface area contributed by atoms with E-state index >= 15 is 0 Å². The van der Waals surface area contributed by atoms with Gasteiger partial charge in [0, 0.05) is 11.2 Å². The summed E-state index contributed by atoms with van der Waals surface area (Å²) < 4.78 is 49.3. The zero-order chi connectivity index (χ0) is 9.00. The molecule has 0 heterocycles. The Morgan fingerprint density at radius 1 is 1.08 bits per heavy atom. The van der Waals surface area contributed by atoms with Gasteiger partial charge in [-0.15, -0.1) is 0 Å². The van der Waals surface area contributed by atoms with Crippen LogP contribution in [0.2, 0.25) is 0 Å². The van der Waals surface area contributed by atoms with Gasteiger partial charge in [0.1, 0.15) is 0 Å². The van der Waals surface area contributed by atoms with E-state index in [1.807, 2.05) is 0 Å². The van der Waals surface area contributed by atoms with Crippen molar-refractivity contribution in [1.29, 1.82) is 0 Å². The van der Waals surface area contributed by atoms with Crippen molar-refractivity contribution in [2.45, 2.75) is 0 Å². The van der Waals surface area contributed by atoms with Gasteiger partial charge in [-0.25, -0.2) is 4.21 Å². The van der Waals surface area contributed by atoms with Crippen molar-refractivity contribution < 1.29 is 56.2 Å². The molecule has 0 saturated heterocycles. The summed E-state index contributed by atoms with van der Waals surface area (Å²) in [4.78, 5) is 0. The summed E-state index contributed by atoms with van der Waals surface area (Å²) in [7, 11) is -7.92. The molecule has 0 aliphatic carbocycles. The van der Waals surface area contributed by atoms with Gasteiger partial charge in [0.2, 0.25) is 0 Å². The van der Waals surface area contributed by atoms with E-state index in [1.54, 1.807) is 0 Å². The van der Waals surface area contributed by atoms with Gasteiger partial charge in [-0.3, -0.25) is 9.11 Å². The molecule has 3 N–H and O–H groups in total. The number of rotatable bonds is 0. The molecule has 0 fully saturated rings. The van der Waals surface area contributed by atoms with Gasteiger partial charge in [0.15, 0.2) is 0 Å². The largest absolute Gasteiger partial charge is 1.00 e. The SMILES string of the molecule is O=S(O)(O)=S.O=S([O-])(O)=S.[AsH3].[Na+]. The van der Waals surface area contributed by atoms with Crippen LogP contribution in [-0.4, -0.2) is 44.6 Å². The van der Waals surface area contributed by atoms with Crippen molar-refractivity contribution in [3.63, 3.8) is 0 Å². The smallest absolute Gasteiger partial charge is 1.00 e. The van der Waals surface area contributed by atoms with E-state index in [4.69, 9.17) is 26.6 Å². The first kappa shape index (κ1) is 23.7. The molecule has 6 nitrogen and oxygen atoms in total. The van der Waals surface area contributed by atoms with E-state index in [1.165, 1.54) is 0 Å². The fourth-order valence-corrected chi connectivity index (χ4v) is 0. The van der Waals surface area contributed by atoms with Gasteiger partial charge < -0.3 is 9.11 Å². The minimum absolute atomic E-state index is 0. The van der Waals surface area contributed by atoms with E-state index in [0.717, 1.165) is 0 Å². The van der Waals surface area contributed by atoms with Gasteiger partial charge >= 0.3 is 47.5 Å². The molecule has 0 aromatic rings. The molecule has 0 aliphatic rings. The van der Waals surface area contributed by atoms with Crippen molar-refractivity contribution in [2.24, 2.45) is 0 Å². The molecule has 0 rings (SSSR count). The summed E-state index contributed by atoms with van der Waals surface area (Å²) in [6.45, 7) is 0. The minimum Gasteiger partial charge on any atom is 1.00 e.